The zero-order valence-electron chi connectivity index (χ0n) is 12.3. The molecule has 1 N–H and O–H groups in total. The van der Waals surface area contributed by atoms with E-state index < -0.39 is 6.10 Å². The topological polar surface area (TPSA) is 50.5 Å². The summed E-state index contributed by atoms with van der Waals surface area (Å²) in [4.78, 5) is 4.77. The van der Waals surface area contributed by atoms with Crippen molar-refractivity contribution in [1.29, 1.82) is 5.26 Å². The Morgan fingerprint density at radius 3 is 2.25 bits per heavy atom. The van der Waals surface area contributed by atoms with Gasteiger partial charge < -0.3 is 5.11 Å². The average Bonchev–Trinajstić information content (AvgIpc) is 2.48. The summed E-state index contributed by atoms with van der Waals surface area (Å²) in [6.07, 6.45) is -0.478. The number of aliphatic hydroxyl groups is 1. The summed E-state index contributed by atoms with van der Waals surface area (Å²) >= 11 is 0. The molecule has 1 unspecified atom stereocenters. The van der Waals surface area contributed by atoms with Crippen molar-refractivity contribution in [2.45, 2.75) is 26.0 Å². The van der Waals surface area contributed by atoms with Crippen molar-refractivity contribution in [3.8, 4) is 6.07 Å². The number of aliphatic hydroxyl groups excluding tert-OH is 1. The van der Waals surface area contributed by atoms with Gasteiger partial charge in [-0.2, -0.15) is 5.26 Å². The van der Waals surface area contributed by atoms with Crippen LogP contribution in [-0.2, 0) is 0 Å². The van der Waals surface area contributed by atoms with Crippen LogP contribution in [0.25, 0.3) is 0 Å². The highest BCUT2D eigenvalue weighted by Crippen LogP contribution is 2.16. The molecule has 4 nitrogen and oxygen atoms in total. The fraction of sp³-hybridized carbons (Fsp3) is 0.562. The Morgan fingerprint density at radius 1 is 1.15 bits per heavy atom. The Labute approximate surface area is 121 Å². The number of rotatable bonds is 4. The fourth-order valence-corrected chi connectivity index (χ4v) is 2.59. The predicted molar refractivity (Wildman–Crippen MR) is 79.3 cm³/mol. The van der Waals surface area contributed by atoms with Crippen molar-refractivity contribution in [1.82, 2.24) is 9.80 Å². The van der Waals surface area contributed by atoms with E-state index in [9.17, 15) is 5.11 Å². The summed E-state index contributed by atoms with van der Waals surface area (Å²) in [7, 11) is 0. The fourth-order valence-electron chi connectivity index (χ4n) is 2.59. The van der Waals surface area contributed by atoms with Crippen molar-refractivity contribution in [2.75, 3.05) is 32.7 Å². The van der Waals surface area contributed by atoms with E-state index in [0.717, 1.165) is 31.7 Å². The lowest BCUT2D eigenvalue weighted by atomic mass is 10.1. The van der Waals surface area contributed by atoms with Gasteiger partial charge in [0.2, 0.25) is 0 Å². The van der Waals surface area contributed by atoms with E-state index in [1.165, 1.54) is 0 Å². The zero-order chi connectivity index (χ0) is 14.5. The number of hydrogen-bond donors (Lipinski definition) is 1. The van der Waals surface area contributed by atoms with Crippen LogP contribution >= 0.6 is 0 Å². The van der Waals surface area contributed by atoms with E-state index in [0.29, 0.717) is 18.2 Å². The standard InChI is InChI=1S/C16H23N3O/c1-13(2)19-9-7-18(8-10-19)12-16(20)15-5-3-14(11-17)4-6-15/h3-6,13,16,20H,7-10,12H2,1-2H3. The molecule has 0 radical (unpaired) electrons. The number of nitriles is 1. The largest absolute Gasteiger partial charge is 0.387 e. The van der Waals surface area contributed by atoms with Gasteiger partial charge in [0.15, 0.2) is 0 Å². The third kappa shape index (κ3) is 3.80. The molecule has 0 amide bonds. The molecule has 0 bridgehead atoms. The van der Waals surface area contributed by atoms with Gasteiger partial charge in [-0.25, -0.2) is 0 Å². The third-order valence-electron chi connectivity index (χ3n) is 3.99. The smallest absolute Gasteiger partial charge is 0.0991 e. The second-order valence-electron chi connectivity index (χ2n) is 5.68. The molecule has 1 aliphatic rings. The van der Waals surface area contributed by atoms with Gasteiger partial charge in [-0.15, -0.1) is 0 Å². The molecule has 0 spiro atoms. The minimum absolute atomic E-state index is 0.478. The second kappa shape index (κ2) is 6.85. The van der Waals surface area contributed by atoms with Crippen LogP contribution in [0.1, 0.15) is 31.1 Å². The summed E-state index contributed by atoms with van der Waals surface area (Å²) < 4.78 is 0. The van der Waals surface area contributed by atoms with Crippen LogP contribution in [0.3, 0.4) is 0 Å². The monoisotopic (exact) mass is 273 g/mol. The maximum Gasteiger partial charge on any atom is 0.0991 e. The maximum absolute atomic E-state index is 10.3. The Morgan fingerprint density at radius 2 is 1.75 bits per heavy atom. The molecule has 1 heterocycles. The molecule has 1 aromatic carbocycles. The van der Waals surface area contributed by atoms with Crippen LogP contribution in [0.4, 0.5) is 0 Å². The summed E-state index contributed by atoms with van der Waals surface area (Å²) in [6.45, 7) is 9.26. The van der Waals surface area contributed by atoms with Crippen molar-refractivity contribution >= 4 is 0 Å². The molecule has 1 aromatic rings. The lowest BCUT2D eigenvalue weighted by Gasteiger charge is -2.37. The van der Waals surface area contributed by atoms with Gasteiger partial charge >= 0.3 is 0 Å². The molecule has 108 valence electrons. The molecule has 0 aliphatic carbocycles. The quantitative estimate of drug-likeness (QED) is 0.905. The highest BCUT2D eigenvalue weighted by molar-refractivity contribution is 5.32. The number of hydrogen-bond acceptors (Lipinski definition) is 4. The molecule has 0 saturated carbocycles. The molecule has 1 fully saturated rings. The van der Waals surface area contributed by atoms with Gasteiger partial charge in [0.1, 0.15) is 0 Å². The van der Waals surface area contributed by atoms with Crippen molar-refractivity contribution in [3.63, 3.8) is 0 Å². The van der Waals surface area contributed by atoms with E-state index in [1.54, 1.807) is 12.1 Å². The normalized spacial score (nSPS) is 18.9. The molecule has 1 aliphatic heterocycles. The number of piperazine rings is 1. The van der Waals surface area contributed by atoms with Gasteiger partial charge in [0, 0.05) is 38.8 Å². The second-order valence-corrected chi connectivity index (χ2v) is 5.68. The SMILES string of the molecule is CC(C)N1CCN(CC(O)c2ccc(C#N)cc2)CC1. The molecule has 1 atom stereocenters. The van der Waals surface area contributed by atoms with Crippen LogP contribution in [-0.4, -0.2) is 53.7 Å². The van der Waals surface area contributed by atoms with Crippen LogP contribution in [0.15, 0.2) is 24.3 Å². The molecule has 4 heteroatoms. The lowest BCUT2D eigenvalue weighted by molar-refractivity contribution is 0.0621. The van der Waals surface area contributed by atoms with Gasteiger partial charge in [-0.3, -0.25) is 9.80 Å². The number of β-amino-alcohol motifs (C(OH)–C–C–N with tert-alkyl or cyclic N) is 1. The van der Waals surface area contributed by atoms with Crippen molar-refractivity contribution in [2.24, 2.45) is 0 Å². The molecule has 0 aromatic heterocycles. The molecule has 2 rings (SSSR count). The summed E-state index contributed by atoms with van der Waals surface area (Å²) in [6, 6.07) is 9.89. The first-order valence-corrected chi connectivity index (χ1v) is 7.24. The Hall–Kier alpha value is -1.41. The van der Waals surface area contributed by atoms with E-state index in [2.05, 4.69) is 29.7 Å². The first kappa shape index (κ1) is 15.0. The van der Waals surface area contributed by atoms with E-state index in [4.69, 9.17) is 5.26 Å². The first-order valence-electron chi connectivity index (χ1n) is 7.24. The highest BCUT2D eigenvalue weighted by atomic mass is 16.3. The summed E-state index contributed by atoms with van der Waals surface area (Å²) in [5.74, 6) is 0. The first-order chi connectivity index (χ1) is 9.60. The van der Waals surface area contributed by atoms with E-state index in [-0.39, 0.29) is 0 Å². The third-order valence-corrected chi connectivity index (χ3v) is 3.99. The molecule has 1 saturated heterocycles. The zero-order valence-corrected chi connectivity index (χ0v) is 12.3. The number of nitrogens with zero attached hydrogens (tertiary/aromatic N) is 3. The predicted octanol–water partition coefficient (Wildman–Crippen LogP) is 1.62. The maximum atomic E-state index is 10.3. The van der Waals surface area contributed by atoms with Gasteiger partial charge in [-0.1, -0.05) is 12.1 Å². The van der Waals surface area contributed by atoms with Crippen LogP contribution in [0.5, 0.6) is 0 Å². The van der Waals surface area contributed by atoms with Crippen molar-refractivity contribution < 1.29 is 5.11 Å². The van der Waals surface area contributed by atoms with Gasteiger partial charge in [0.25, 0.3) is 0 Å². The van der Waals surface area contributed by atoms with Gasteiger partial charge in [0.05, 0.1) is 17.7 Å². The molecular weight excluding hydrogens is 250 g/mol. The highest BCUT2D eigenvalue weighted by Gasteiger charge is 2.21. The lowest BCUT2D eigenvalue weighted by Crippen LogP contribution is -2.49. The van der Waals surface area contributed by atoms with E-state index in [1.807, 2.05) is 12.1 Å². The summed E-state index contributed by atoms with van der Waals surface area (Å²) in [5, 5.41) is 19.0. The molecule has 20 heavy (non-hydrogen) atoms. The number of benzene rings is 1. The Kier molecular flexibility index (Phi) is 5.13. The van der Waals surface area contributed by atoms with Gasteiger partial charge in [-0.05, 0) is 31.5 Å². The van der Waals surface area contributed by atoms with Crippen LogP contribution < -0.4 is 0 Å². The minimum Gasteiger partial charge on any atom is -0.387 e. The average molecular weight is 273 g/mol. The summed E-state index contributed by atoms with van der Waals surface area (Å²) in [5.41, 5.74) is 1.52. The Balaban J connectivity index is 1.86. The molecular formula is C16H23N3O. The Bertz CT molecular complexity index is 456. The minimum atomic E-state index is -0.478. The van der Waals surface area contributed by atoms with Crippen LogP contribution in [0.2, 0.25) is 0 Å². The van der Waals surface area contributed by atoms with Crippen molar-refractivity contribution in [3.05, 3.63) is 35.4 Å². The van der Waals surface area contributed by atoms with Crippen LogP contribution in [0, 0.1) is 11.3 Å². The van der Waals surface area contributed by atoms with E-state index >= 15 is 0 Å².